The Morgan fingerprint density at radius 1 is 1.50 bits per heavy atom. The van der Waals surface area contributed by atoms with Gasteiger partial charge in [0.25, 0.3) is 0 Å². The van der Waals surface area contributed by atoms with Gasteiger partial charge in [0.1, 0.15) is 0 Å². The predicted molar refractivity (Wildman–Crippen MR) is 38.5 cm³/mol. The molecule has 1 saturated heterocycles. The molecular formula is C7H7NO4. The number of rotatable bonds is 0. The largest absolute Gasteiger partial charge is 0.465 e. The molecule has 0 spiro atoms. The topological polar surface area (TPSA) is 74.7 Å². The Morgan fingerprint density at radius 2 is 2.08 bits per heavy atom. The predicted octanol–water partition coefficient (Wildman–Crippen LogP) is 0.0220. The molecule has 1 heterocycles. The molecule has 0 saturated carbocycles. The van der Waals surface area contributed by atoms with Gasteiger partial charge < -0.3 is 5.11 Å². The molecule has 64 valence electrons. The summed E-state index contributed by atoms with van der Waals surface area (Å²) in [5.74, 6) is -0.913. The monoisotopic (exact) mass is 169 g/mol. The number of hydrogen-bond acceptors (Lipinski definition) is 3. The molecule has 0 unspecified atom stereocenters. The van der Waals surface area contributed by atoms with Crippen LogP contribution in [0.2, 0.25) is 0 Å². The second kappa shape index (κ2) is 2.77. The molecule has 0 radical (unpaired) electrons. The van der Waals surface area contributed by atoms with Crippen LogP contribution in [0, 0.1) is 0 Å². The van der Waals surface area contributed by atoms with E-state index >= 15 is 0 Å². The van der Waals surface area contributed by atoms with Crippen LogP contribution in [-0.4, -0.2) is 34.2 Å². The highest BCUT2D eigenvalue weighted by Gasteiger charge is 2.30. The molecule has 0 bridgehead atoms. The van der Waals surface area contributed by atoms with Crippen LogP contribution in [0.25, 0.3) is 0 Å². The van der Waals surface area contributed by atoms with Crippen molar-refractivity contribution in [3.05, 3.63) is 12.3 Å². The molecule has 1 fully saturated rings. The summed E-state index contributed by atoms with van der Waals surface area (Å²) in [5, 5.41) is 8.50. The number of hydrogen-bond donors (Lipinski definition) is 1. The van der Waals surface area contributed by atoms with E-state index in [9.17, 15) is 14.4 Å². The number of nitrogens with zero attached hydrogens (tertiary/aromatic N) is 1. The van der Waals surface area contributed by atoms with Gasteiger partial charge in [0.2, 0.25) is 0 Å². The average molecular weight is 169 g/mol. The van der Waals surface area contributed by atoms with Crippen molar-refractivity contribution in [3.63, 3.8) is 0 Å². The second-order valence-corrected chi connectivity index (χ2v) is 2.45. The van der Waals surface area contributed by atoms with E-state index in [-0.39, 0.29) is 18.7 Å². The lowest BCUT2D eigenvalue weighted by atomic mass is 10.1. The lowest BCUT2D eigenvalue weighted by molar-refractivity contribution is -0.129. The maximum absolute atomic E-state index is 10.9. The molecule has 5 nitrogen and oxygen atoms in total. The van der Waals surface area contributed by atoms with Crippen molar-refractivity contribution in [2.24, 2.45) is 0 Å². The number of ketones is 2. The zero-order valence-electron chi connectivity index (χ0n) is 6.24. The Labute approximate surface area is 68.3 Å². The van der Waals surface area contributed by atoms with Gasteiger partial charge in [0, 0.05) is 0 Å². The highest BCUT2D eigenvalue weighted by atomic mass is 16.4. The standard InChI is InChI=1S/C7H7NO4/c1-4-6(10)2-5(9)3-8(4)7(11)12/h1-3H2,(H,11,12). The van der Waals surface area contributed by atoms with Crippen molar-refractivity contribution in [2.45, 2.75) is 6.42 Å². The Balaban J connectivity index is 2.87. The van der Waals surface area contributed by atoms with Crippen molar-refractivity contribution < 1.29 is 19.5 Å². The first kappa shape index (κ1) is 8.45. The number of allylic oxidation sites excluding steroid dienone is 1. The Morgan fingerprint density at radius 3 is 2.58 bits per heavy atom. The third kappa shape index (κ3) is 1.34. The SMILES string of the molecule is C=C1C(=O)CC(=O)CN1C(=O)O. The van der Waals surface area contributed by atoms with E-state index in [1.807, 2.05) is 0 Å². The first-order chi connectivity index (χ1) is 5.52. The van der Waals surface area contributed by atoms with E-state index in [4.69, 9.17) is 5.11 Å². The summed E-state index contributed by atoms with van der Waals surface area (Å²) in [4.78, 5) is 32.7. The zero-order valence-corrected chi connectivity index (χ0v) is 6.24. The van der Waals surface area contributed by atoms with Crippen LogP contribution in [0.1, 0.15) is 6.42 Å². The van der Waals surface area contributed by atoms with Gasteiger partial charge in [-0.15, -0.1) is 0 Å². The summed E-state index contributed by atoms with van der Waals surface area (Å²) in [6, 6.07) is 0. The lowest BCUT2D eigenvalue weighted by Gasteiger charge is -2.23. The Hall–Kier alpha value is -1.65. The van der Waals surface area contributed by atoms with Gasteiger partial charge in [0.15, 0.2) is 11.6 Å². The van der Waals surface area contributed by atoms with E-state index in [0.717, 1.165) is 0 Å². The third-order valence-corrected chi connectivity index (χ3v) is 1.57. The molecule has 0 aromatic heterocycles. The fraction of sp³-hybridized carbons (Fsp3) is 0.286. The smallest absolute Gasteiger partial charge is 0.412 e. The second-order valence-electron chi connectivity index (χ2n) is 2.45. The Kier molecular flexibility index (Phi) is 1.95. The van der Waals surface area contributed by atoms with Gasteiger partial charge in [0.05, 0.1) is 18.7 Å². The van der Waals surface area contributed by atoms with E-state index in [1.54, 1.807) is 0 Å². The van der Waals surface area contributed by atoms with Crippen LogP contribution in [0.3, 0.4) is 0 Å². The van der Waals surface area contributed by atoms with Crippen LogP contribution in [0.15, 0.2) is 12.3 Å². The average Bonchev–Trinajstić information content (AvgIpc) is 1.96. The first-order valence-corrected chi connectivity index (χ1v) is 3.26. The molecule has 1 rings (SSSR count). The van der Waals surface area contributed by atoms with Crippen LogP contribution < -0.4 is 0 Å². The molecule has 0 atom stereocenters. The van der Waals surface area contributed by atoms with Gasteiger partial charge in [-0.25, -0.2) is 4.79 Å². The summed E-state index contributed by atoms with van der Waals surface area (Å²) >= 11 is 0. The number of Topliss-reactive ketones (excluding diaryl/α,β-unsaturated/α-hetero) is 2. The number of carboxylic acid groups (broad SMARTS) is 1. The minimum Gasteiger partial charge on any atom is -0.465 e. The summed E-state index contributed by atoms with van der Waals surface area (Å²) in [5.41, 5.74) is -0.123. The number of carbonyl (C=O) groups is 3. The van der Waals surface area contributed by atoms with E-state index in [0.29, 0.717) is 4.90 Å². The number of piperidine rings is 1. The molecule has 1 amide bonds. The fourth-order valence-electron chi connectivity index (χ4n) is 0.942. The molecule has 5 heteroatoms. The quantitative estimate of drug-likeness (QED) is 0.409. The van der Waals surface area contributed by atoms with E-state index in [1.165, 1.54) is 0 Å². The fourth-order valence-corrected chi connectivity index (χ4v) is 0.942. The first-order valence-electron chi connectivity index (χ1n) is 3.26. The van der Waals surface area contributed by atoms with Crippen LogP contribution >= 0.6 is 0 Å². The maximum atomic E-state index is 10.9. The van der Waals surface area contributed by atoms with Crippen molar-refractivity contribution >= 4 is 17.7 Å². The van der Waals surface area contributed by atoms with Gasteiger partial charge in [-0.05, 0) is 0 Å². The molecule has 1 aliphatic heterocycles. The lowest BCUT2D eigenvalue weighted by Crippen LogP contribution is -2.41. The van der Waals surface area contributed by atoms with E-state index < -0.39 is 17.7 Å². The third-order valence-electron chi connectivity index (χ3n) is 1.57. The van der Waals surface area contributed by atoms with Gasteiger partial charge >= 0.3 is 6.09 Å². The van der Waals surface area contributed by atoms with Crippen LogP contribution in [-0.2, 0) is 9.59 Å². The highest BCUT2D eigenvalue weighted by molar-refractivity contribution is 6.12. The zero-order chi connectivity index (χ0) is 9.30. The normalized spacial score (nSPS) is 18.3. The molecule has 1 aliphatic rings. The Bertz CT molecular complexity index is 279. The molecule has 0 aromatic rings. The van der Waals surface area contributed by atoms with Gasteiger partial charge in [-0.1, -0.05) is 6.58 Å². The van der Waals surface area contributed by atoms with Crippen molar-refractivity contribution in [2.75, 3.05) is 6.54 Å². The minimum atomic E-state index is -1.32. The van der Waals surface area contributed by atoms with Gasteiger partial charge in [-0.3, -0.25) is 14.5 Å². The van der Waals surface area contributed by atoms with Crippen molar-refractivity contribution in [1.82, 2.24) is 4.90 Å². The van der Waals surface area contributed by atoms with Crippen molar-refractivity contribution in [3.8, 4) is 0 Å². The summed E-state index contributed by atoms with van der Waals surface area (Å²) in [6.07, 6.45) is -1.55. The molecular weight excluding hydrogens is 162 g/mol. The van der Waals surface area contributed by atoms with Crippen LogP contribution in [0.5, 0.6) is 0 Å². The number of amides is 1. The summed E-state index contributed by atoms with van der Waals surface area (Å²) < 4.78 is 0. The number of carbonyl (C=O) groups excluding carboxylic acids is 2. The van der Waals surface area contributed by atoms with Crippen molar-refractivity contribution in [1.29, 1.82) is 0 Å². The molecule has 0 aliphatic carbocycles. The van der Waals surface area contributed by atoms with E-state index in [2.05, 4.69) is 6.58 Å². The highest BCUT2D eigenvalue weighted by Crippen LogP contribution is 2.12. The van der Waals surface area contributed by atoms with Crippen LogP contribution in [0.4, 0.5) is 4.79 Å². The summed E-state index contributed by atoms with van der Waals surface area (Å²) in [7, 11) is 0. The summed E-state index contributed by atoms with van der Waals surface area (Å²) in [6.45, 7) is 3.01. The van der Waals surface area contributed by atoms with Gasteiger partial charge in [-0.2, -0.15) is 0 Å². The molecule has 12 heavy (non-hydrogen) atoms. The number of likely N-dealkylation sites (tertiary alicyclic amines) is 1. The molecule has 1 N–H and O–H groups in total. The minimum absolute atomic E-state index is 0.123. The molecule has 0 aromatic carbocycles. The maximum Gasteiger partial charge on any atom is 0.412 e.